The Labute approximate surface area is 226 Å². The third-order valence-electron chi connectivity index (χ3n) is 6.94. The zero-order valence-electron chi connectivity index (χ0n) is 22.5. The van der Waals surface area contributed by atoms with Crippen molar-refractivity contribution >= 4 is 28.2 Å². The third kappa shape index (κ3) is 6.79. The number of rotatable bonds is 7. The average Bonchev–Trinajstić information content (AvgIpc) is 3.24. The summed E-state index contributed by atoms with van der Waals surface area (Å²) in [5.74, 6) is 6.18. The lowest BCUT2D eigenvalue weighted by molar-refractivity contribution is -0.140. The zero-order valence-corrected chi connectivity index (χ0v) is 22.5. The minimum Gasteiger partial charge on any atom is -0.495 e. The Morgan fingerprint density at radius 2 is 1.95 bits per heavy atom. The predicted molar refractivity (Wildman–Crippen MR) is 146 cm³/mol. The number of nitrogens with one attached hydrogen (secondary N) is 2. The van der Waals surface area contributed by atoms with Gasteiger partial charge in [0, 0.05) is 23.7 Å². The van der Waals surface area contributed by atoms with Gasteiger partial charge in [-0.15, -0.1) is 0 Å². The van der Waals surface area contributed by atoms with Crippen molar-refractivity contribution < 1.29 is 27.4 Å². The molecule has 39 heavy (non-hydrogen) atoms. The fourth-order valence-corrected chi connectivity index (χ4v) is 4.99. The molecule has 3 aromatic rings. The molecule has 2 unspecified atom stereocenters. The first-order chi connectivity index (χ1) is 18.6. The Hall–Kier alpha value is -3.84. The fourth-order valence-electron chi connectivity index (χ4n) is 4.99. The van der Waals surface area contributed by atoms with E-state index in [4.69, 9.17) is 9.47 Å². The summed E-state index contributed by atoms with van der Waals surface area (Å²) < 4.78 is 51.9. The van der Waals surface area contributed by atoms with E-state index in [9.17, 15) is 18.0 Å². The smallest absolute Gasteiger partial charge is 0.406 e. The van der Waals surface area contributed by atoms with Crippen LogP contribution in [-0.4, -0.2) is 68.6 Å². The number of benzene rings is 2. The lowest BCUT2D eigenvalue weighted by atomic mass is 9.94. The summed E-state index contributed by atoms with van der Waals surface area (Å²) in [5, 5.41) is 7.40. The van der Waals surface area contributed by atoms with Gasteiger partial charge in [-0.1, -0.05) is 18.9 Å². The largest absolute Gasteiger partial charge is 0.495 e. The molecule has 2 heterocycles. The van der Waals surface area contributed by atoms with Gasteiger partial charge in [0.25, 0.3) is 0 Å². The fraction of sp³-hybridized carbons (Fsp3) is 0.414. The zero-order chi connectivity index (χ0) is 28.2. The van der Waals surface area contributed by atoms with E-state index in [1.165, 1.54) is 18.8 Å². The highest BCUT2D eigenvalue weighted by molar-refractivity contribution is 5.94. The summed E-state index contributed by atoms with van der Waals surface area (Å²) in [4.78, 5) is 14.1. The molecule has 0 amide bonds. The molecule has 10 heteroatoms. The van der Waals surface area contributed by atoms with Crippen LogP contribution in [0.5, 0.6) is 5.75 Å². The van der Waals surface area contributed by atoms with Gasteiger partial charge in [-0.05, 0) is 68.2 Å². The van der Waals surface area contributed by atoms with Crippen LogP contribution in [0.1, 0.15) is 29.4 Å². The third-order valence-corrected chi connectivity index (χ3v) is 6.94. The lowest BCUT2D eigenvalue weighted by Gasteiger charge is -2.36. The van der Waals surface area contributed by atoms with E-state index in [-0.39, 0.29) is 18.3 Å². The Balaban J connectivity index is 1.59. The van der Waals surface area contributed by atoms with E-state index >= 15 is 0 Å². The van der Waals surface area contributed by atoms with Crippen molar-refractivity contribution in [1.82, 2.24) is 9.47 Å². The number of aromatic nitrogens is 1. The number of likely N-dealkylation sites (tertiary alicyclic amines) is 1. The van der Waals surface area contributed by atoms with Gasteiger partial charge in [-0.2, -0.15) is 13.2 Å². The number of hydrogen-bond donors (Lipinski definition) is 2. The van der Waals surface area contributed by atoms with E-state index in [1.54, 1.807) is 36.4 Å². The molecule has 1 aliphatic heterocycles. The van der Waals surface area contributed by atoms with Crippen LogP contribution in [0.4, 0.5) is 24.5 Å². The topological polar surface area (TPSA) is 67.8 Å². The summed E-state index contributed by atoms with van der Waals surface area (Å²) in [6.07, 6.45) is -3.44. The molecule has 7 nitrogen and oxygen atoms in total. The van der Waals surface area contributed by atoms with E-state index in [0.29, 0.717) is 33.8 Å². The number of esters is 1. The number of carbonyl (C=O) groups is 1. The quantitative estimate of drug-likeness (QED) is 0.316. The van der Waals surface area contributed by atoms with Gasteiger partial charge in [-0.25, -0.2) is 4.79 Å². The van der Waals surface area contributed by atoms with E-state index < -0.39 is 18.7 Å². The first-order valence-corrected chi connectivity index (χ1v) is 12.7. The van der Waals surface area contributed by atoms with Crippen molar-refractivity contribution in [2.24, 2.45) is 5.92 Å². The number of nitrogens with zero attached hydrogens (tertiary/aromatic N) is 2. The van der Waals surface area contributed by atoms with Crippen LogP contribution in [0.15, 0.2) is 42.5 Å². The first kappa shape index (κ1) is 28.2. The number of anilines is 2. The maximum atomic E-state index is 13.5. The number of halogens is 3. The second-order valence-electron chi connectivity index (χ2n) is 9.81. The van der Waals surface area contributed by atoms with Crippen LogP contribution in [0, 0.1) is 17.8 Å². The number of piperidine rings is 1. The van der Waals surface area contributed by atoms with Crippen molar-refractivity contribution in [3.8, 4) is 17.6 Å². The number of methoxy groups -OCH3 is 2. The Kier molecular flexibility index (Phi) is 8.60. The molecule has 0 aliphatic carbocycles. The molecule has 0 saturated carbocycles. The highest BCUT2D eigenvalue weighted by Gasteiger charge is 2.30. The van der Waals surface area contributed by atoms with Gasteiger partial charge >= 0.3 is 12.1 Å². The van der Waals surface area contributed by atoms with E-state index in [2.05, 4.69) is 41.3 Å². The van der Waals surface area contributed by atoms with Crippen molar-refractivity contribution in [3.63, 3.8) is 0 Å². The molecule has 2 aromatic carbocycles. The van der Waals surface area contributed by atoms with Gasteiger partial charge in [-0.3, -0.25) is 0 Å². The van der Waals surface area contributed by atoms with Crippen molar-refractivity contribution in [2.45, 2.75) is 32.1 Å². The standard InChI is InChI=1S/C29H33F3N4O3/c1-19-17-35(2)14-12-23(19)34-24-8-5-9-26-22(24)16-21(36(26)18-29(30,31)32)7-6-13-33-25-11-10-20(28(37)39-4)15-27(25)38-3/h5,8-11,15-16,19,23,33-34H,12-14,17-18H2,1-4H3. The van der Waals surface area contributed by atoms with Crippen LogP contribution in [0.25, 0.3) is 10.9 Å². The minimum atomic E-state index is -4.40. The number of fused-ring (bicyclic) bond motifs is 1. The number of ether oxygens (including phenoxy) is 2. The Morgan fingerprint density at radius 1 is 1.15 bits per heavy atom. The van der Waals surface area contributed by atoms with Crippen molar-refractivity contribution in [2.75, 3.05) is 51.5 Å². The second kappa shape index (κ2) is 11.9. The van der Waals surface area contributed by atoms with Gasteiger partial charge in [0.15, 0.2) is 0 Å². The van der Waals surface area contributed by atoms with Crippen LogP contribution in [0.3, 0.4) is 0 Å². The van der Waals surface area contributed by atoms with Gasteiger partial charge in [0.1, 0.15) is 12.3 Å². The Morgan fingerprint density at radius 3 is 2.64 bits per heavy atom. The van der Waals surface area contributed by atoms with Crippen LogP contribution in [0.2, 0.25) is 0 Å². The number of hydrogen-bond acceptors (Lipinski definition) is 6. The van der Waals surface area contributed by atoms with E-state index in [0.717, 1.165) is 25.2 Å². The highest BCUT2D eigenvalue weighted by Crippen LogP contribution is 2.32. The summed E-state index contributed by atoms with van der Waals surface area (Å²) >= 11 is 0. The molecule has 0 radical (unpaired) electrons. The highest BCUT2D eigenvalue weighted by atomic mass is 19.4. The average molecular weight is 543 g/mol. The van der Waals surface area contributed by atoms with Gasteiger partial charge in [0.05, 0.1) is 43.2 Å². The molecule has 1 aliphatic rings. The SMILES string of the molecule is COC(=O)c1ccc(NCC#Cc2cc3c(NC4CCN(C)CC4C)cccc3n2CC(F)(F)F)c(OC)c1. The van der Waals surface area contributed by atoms with Crippen molar-refractivity contribution in [1.29, 1.82) is 0 Å². The summed E-state index contributed by atoms with van der Waals surface area (Å²) in [5.41, 5.74) is 2.50. The molecule has 2 atom stereocenters. The molecular formula is C29H33F3N4O3. The second-order valence-corrected chi connectivity index (χ2v) is 9.81. The monoisotopic (exact) mass is 542 g/mol. The summed E-state index contributed by atoms with van der Waals surface area (Å²) in [7, 11) is 4.86. The molecule has 2 N–H and O–H groups in total. The molecule has 1 aromatic heterocycles. The van der Waals surface area contributed by atoms with Crippen LogP contribution in [-0.2, 0) is 11.3 Å². The predicted octanol–water partition coefficient (Wildman–Crippen LogP) is 5.21. The lowest BCUT2D eigenvalue weighted by Crippen LogP contribution is -2.43. The molecule has 4 rings (SSSR count). The number of alkyl halides is 3. The Bertz CT molecular complexity index is 1390. The van der Waals surface area contributed by atoms with Gasteiger partial charge < -0.3 is 29.6 Å². The molecular weight excluding hydrogens is 509 g/mol. The maximum Gasteiger partial charge on any atom is 0.406 e. The van der Waals surface area contributed by atoms with E-state index in [1.807, 2.05) is 6.07 Å². The van der Waals surface area contributed by atoms with Crippen molar-refractivity contribution in [3.05, 3.63) is 53.7 Å². The normalized spacial score (nSPS) is 17.8. The molecule has 1 fully saturated rings. The number of carbonyl (C=O) groups excluding carboxylic acids is 1. The molecule has 208 valence electrons. The first-order valence-electron chi connectivity index (χ1n) is 12.7. The summed E-state index contributed by atoms with van der Waals surface area (Å²) in [6, 6.07) is 12.1. The maximum absolute atomic E-state index is 13.5. The van der Waals surface area contributed by atoms with Crippen LogP contribution < -0.4 is 15.4 Å². The minimum absolute atomic E-state index is 0.152. The molecule has 1 saturated heterocycles. The molecule has 0 bridgehead atoms. The summed E-state index contributed by atoms with van der Waals surface area (Å²) in [6.45, 7) is 3.13. The van der Waals surface area contributed by atoms with Crippen LogP contribution >= 0.6 is 0 Å². The molecule has 0 spiro atoms. The van der Waals surface area contributed by atoms with Gasteiger partial charge in [0.2, 0.25) is 0 Å².